The van der Waals surface area contributed by atoms with Crippen LogP contribution in [0.1, 0.15) is 37.7 Å². The van der Waals surface area contributed by atoms with Crippen LogP contribution in [-0.4, -0.2) is 51.0 Å². The number of piperidine rings is 1. The molecule has 6 nitrogen and oxygen atoms in total. The summed E-state index contributed by atoms with van der Waals surface area (Å²) in [5.74, 6) is -0.0675. The fourth-order valence-electron chi connectivity index (χ4n) is 3.31. The maximum Gasteiger partial charge on any atom is 0.243 e. The summed E-state index contributed by atoms with van der Waals surface area (Å²) in [5.41, 5.74) is 0.808. The van der Waals surface area contributed by atoms with Crippen molar-refractivity contribution >= 4 is 15.9 Å². The molecule has 138 valence electrons. The van der Waals surface area contributed by atoms with E-state index in [1.54, 1.807) is 28.6 Å². The second kappa shape index (κ2) is 8.29. The highest BCUT2D eigenvalue weighted by Gasteiger charge is 2.25. The maximum absolute atomic E-state index is 12.6. The van der Waals surface area contributed by atoms with Crippen molar-refractivity contribution in [3.8, 4) is 0 Å². The van der Waals surface area contributed by atoms with Crippen molar-refractivity contribution in [3.05, 3.63) is 29.8 Å². The number of amides is 1. The molecule has 0 unspecified atom stereocenters. The molecule has 0 bridgehead atoms. The maximum atomic E-state index is 12.6. The summed E-state index contributed by atoms with van der Waals surface area (Å²) in [7, 11) is -3.41. The molecule has 2 saturated heterocycles. The molecule has 1 atom stereocenters. The van der Waals surface area contributed by atoms with E-state index in [-0.39, 0.29) is 18.4 Å². The molecule has 2 aliphatic rings. The lowest BCUT2D eigenvalue weighted by Gasteiger charge is -2.25. The van der Waals surface area contributed by atoms with Crippen LogP contribution in [0, 0.1) is 0 Å². The zero-order valence-electron chi connectivity index (χ0n) is 14.4. The second-order valence-corrected chi connectivity index (χ2v) is 8.66. The number of nitrogens with one attached hydrogen (secondary N) is 1. The Kier molecular flexibility index (Phi) is 6.09. The van der Waals surface area contributed by atoms with Crippen LogP contribution in [0.5, 0.6) is 0 Å². The Morgan fingerprint density at radius 1 is 1.12 bits per heavy atom. The van der Waals surface area contributed by atoms with Gasteiger partial charge in [0, 0.05) is 26.2 Å². The van der Waals surface area contributed by atoms with E-state index in [9.17, 15) is 13.2 Å². The molecule has 2 heterocycles. The van der Waals surface area contributed by atoms with E-state index in [0.717, 1.165) is 44.3 Å². The van der Waals surface area contributed by atoms with Gasteiger partial charge < -0.3 is 10.1 Å². The molecule has 0 saturated carbocycles. The van der Waals surface area contributed by atoms with Crippen LogP contribution in [0.25, 0.3) is 0 Å². The molecule has 1 aromatic rings. The number of nitrogens with zero attached hydrogens (tertiary/aromatic N) is 1. The van der Waals surface area contributed by atoms with Crippen LogP contribution >= 0.6 is 0 Å². The molecule has 7 heteroatoms. The number of hydrogen-bond donors (Lipinski definition) is 1. The monoisotopic (exact) mass is 366 g/mol. The highest BCUT2D eigenvalue weighted by Crippen LogP contribution is 2.21. The van der Waals surface area contributed by atoms with Crippen LogP contribution in [-0.2, 0) is 26.0 Å². The molecule has 0 aliphatic carbocycles. The van der Waals surface area contributed by atoms with Gasteiger partial charge in [-0.1, -0.05) is 18.6 Å². The van der Waals surface area contributed by atoms with Crippen LogP contribution in [0.15, 0.2) is 29.2 Å². The van der Waals surface area contributed by atoms with Crippen LogP contribution in [0.4, 0.5) is 0 Å². The molecule has 0 aromatic heterocycles. The Bertz CT molecular complexity index is 676. The topological polar surface area (TPSA) is 75.7 Å². The van der Waals surface area contributed by atoms with E-state index in [1.807, 2.05) is 0 Å². The number of ether oxygens (including phenoxy) is 1. The molecule has 0 radical (unpaired) electrons. The Morgan fingerprint density at radius 2 is 1.84 bits per heavy atom. The number of benzene rings is 1. The Hall–Kier alpha value is -1.44. The highest BCUT2D eigenvalue weighted by atomic mass is 32.2. The average Bonchev–Trinajstić information content (AvgIpc) is 3.15. The minimum Gasteiger partial charge on any atom is -0.376 e. The molecular formula is C18H26N2O4S. The van der Waals surface area contributed by atoms with E-state index >= 15 is 0 Å². The smallest absolute Gasteiger partial charge is 0.243 e. The summed E-state index contributed by atoms with van der Waals surface area (Å²) in [6, 6.07) is 6.66. The van der Waals surface area contributed by atoms with Gasteiger partial charge in [-0.25, -0.2) is 8.42 Å². The van der Waals surface area contributed by atoms with E-state index < -0.39 is 10.0 Å². The third-order valence-electron chi connectivity index (χ3n) is 4.79. The molecule has 1 N–H and O–H groups in total. The Balaban J connectivity index is 1.55. The van der Waals surface area contributed by atoms with Crippen molar-refractivity contribution in [1.29, 1.82) is 0 Å². The summed E-state index contributed by atoms with van der Waals surface area (Å²) in [6.07, 6.45) is 5.34. The van der Waals surface area contributed by atoms with Crippen molar-refractivity contribution < 1.29 is 17.9 Å². The predicted molar refractivity (Wildman–Crippen MR) is 94.7 cm³/mol. The largest absolute Gasteiger partial charge is 0.376 e. The van der Waals surface area contributed by atoms with E-state index in [0.29, 0.717) is 24.5 Å². The molecule has 3 rings (SSSR count). The summed E-state index contributed by atoms with van der Waals surface area (Å²) in [6.45, 7) is 2.50. The van der Waals surface area contributed by atoms with Crippen molar-refractivity contribution in [1.82, 2.24) is 9.62 Å². The lowest BCUT2D eigenvalue weighted by molar-refractivity contribution is -0.120. The lowest BCUT2D eigenvalue weighted by Crippen LogP contribution is -2.35. The zero-order valence-corrected chi connectivity index (χ0v) is 15.3. The van der Waals surface area contributed by atoms with Crippen LogP contribution in [0.2, 0.25) is 0 Å². The van der Waals surface area contributed by atoms with Crippen molar-refractivity contribution in [2.45, 2.75) is 49.5 Å². The van der Waals surface area contributed by atoms with Crippen molar-refractivity contribution in [2.24, 2.45) is 0 Å². The first-order chi connectivity index (χ1) is 12.1. The van der Waals surface area contributed by atoms with E-state index in [2.05, 4.69) is 5.32 Å². The van der Waals surface area contributed by atoms with Gasteiger partial charge in [0.1, 0.15) is 0 Å². The summed E-state index contributed by atoms with van der Waals surface area (Å²) < 4.78 is 32.2. The van der Waals surface area contributed by atoms with Crippen molar-refractivity contribution in [2.75, 3.05) is 26.2 Å². The Labute approximate surface area is 149 Å². The zero-order chi connectivity index (χ0) is 17.7. The van der Waals surface area contributed by atoms with Crippen molar-refractivity contribution in [3.63, 3.8) is 0 Å². The van der Waals surface area contributed by atoms with Gasteiger partial charge in [0.05, 0.1) is 17.4 Å². The second-order valence-electron chi connectivity index (χ2n) is 6.72. The number of sulfonamides is 1. The van der Waals surface area contributed by atoms with Crippen LogP contribution < -0.4 is 5.32 Å². The molecule has 2 fully saturated rings. The molecule has 2 aliphatic heterocycles. The van der Waals surface area contributed by atoms with E-state index in [1.165, 1.54) is 0 Å². The quantitative estimate of drug-likeness (QED) is 0.831. The fourth-order valence-corrected chi connectivity index (χ4v) is 4.83. The van der Waals surface area contributed by atoms with Gasteiger partial charge in [-0.15, -0.1) is 0 Å². The summed E-state index contributed by atoms with van der Waals surface area (Å²) >= 11 is 0. The molecule has 25 heavy (non-hydrogen) atoms. The first kappa shape index (κ1) is 18.4. The summed E-state index contributed by atoms with van der Waals surface area (Å²) in [4.78, 5) is 12.3. The summed E-state index contributed by atoms with van der Waals surface area (Å²) in [5, 5.41) is 2.88. The molecule has 1 amide bonds. The first-order valence-electron chi connectivity index (χ1n) is 9.03. The standard InChI is InChI=1S/C18H26N2O4S/c21-18(19-14-16-5-4-12-24-16)13-15-6-8-17(9-7-15)25(22,23)20-10-2-1-3-11-20/h6-9,16H,1-5,10-14H2,(H,19,21)/t16-/m1/s1. The van der Waals surface area contributed by atoms with E-state index in [4.69, 9.17) is 4.74 Å². The minimum absolute atomic E-state index is 0.0675. The molecular weight excluding hydrogens is 340 g/mol. The van der Waals surface area contributed by atoms with Gasteiger partial charge in [-0.3, -0.25) is 4.79 Å². The fraction of sp³-hybridized carbons (Fsp3) is 0.611. The van der Waals surface area contributed by atoms with Gasteiger partial charge in [-0.05, 0) is 43.4 Å². The van der Waals surface area contributed by atoms with Gasteiger partial charge >= 0.3 is 0 Å². The average molecular weight is 366 g/mol. The number of hydrogen-bond acceptors (Lipinski definition) is 4. The normalized spacial score (nSPS) is 22.0. The molecule has 0 spiro atoms. The third kappa shape index (κ3) is 4.80. The van der Waals surface area contributed by atoms with Crippen LogP contribution in [0.3, 0.4) is 0 Å². The van der Waals surface area contributed by atoms with Gasteiger partial charge in [-0.2, -0.15) is 4.31 Å². The van der Waals surface area contributed by atoms with Gasteiger partial charge in [0.25, 0.3) is 0 Å². The minimum atomic E-state index is -3.41. The Morgan fingerprint density at radius 3 is 2.48 bits per heavy atom. The number of rotatable bonds is 6. The number of carbonyl (C=O) groups excluding carboxylic acids is 1. The SMILES string of the molecule is O=C(Cc1ccc(S(=O)(=O)N2CCCCC2)cc1)NC[C@H]1CCCO1. The number of carbonyl (C=O) groups is 1. The molecule has 1 aromatic carbocycles. The highest BCUT2D eigenvalue weighted by molar-refractivity contribution is 7.89. The first-order valence-corrected chi connectivity index (χ1v) is 10.5. The van der Waals surface area contributed by atoms with Gasteiger partial charge in [0.2, 0.25) is 15.9 Å². The van der Waals surface area contributed by atoms with Gasteiger partial charge in [0.15, 0.2) is 0 Å². The lowest BCUT2D eigenvalue weighted by atomic mass is 10.1. The third-order valence-corrected chi connectivity index (χ3v) is 6.70. The predicted octanol–water partition coefficient (Wildman–Crippen LogP) is 1.70.